The Balaban J connectivity index is 2.46. The highest BCUT2D eigenvalue weighted by Crippen LogP contribution is 2.33. The lowest BCUT2D eigenvalue weighted by Crippen LogP contribution is -2.01. The van der Waals surface area contributed by atoms with Gasteiger partial charge in [-0.05, 0) is 49.6 Å². The van der Waals surface area contributed by atoms with Gasteiger partial charge in [-0.1, -0.05) is 17.7 Å². The van der Waals surface area contributed by atoms with E-state index in [1.54, 1.807) is 0 Å². The van der Waals surface area contributed by atoms with E-state index in [1.165, 1.54) is 12.3 Å². The highest BCUT2D eigenvalue weighted by Gasteiger charge is 2.16. The predicted octanol–water partition coefficient (Wildman–Crippen LogP) is 4.15. The summed E-state index contributed by atoms with van der Waals surface area (Å²) in [5.74, 6) is -0.390. The Morgan fingerprint density at radius 3 is 2.65 bits per heavy atom. The number of aryl methyl sites for hydroxylation is 2. The van der Waals surface area contributed by atoms with E-state index in [4.69, 9.17) is 21.4 Å². The van der Waals surface area contributed by atoms with Gasteiger partial charge in [-0.15, -0.1) is 0 Å². The molecule has 0 aliphatic carbocycles. The van der Waals surface area contributed by atoms with Crippen molar-refractivity contribution >= 4 is 17.6 Å². The minimum absolute atomic E-state index is 0.00133. The van der Waals surface area contributed by atoms with Gasteiger partial charge in [-0.3, -0.25) is 0 Å². The second-order valence-corrected chi connectivity index (χ2v) is 4.97. The van der Waals surface area contributed by atoms with Gasteiger partial charge in [0.1, 0.15) is 10.8 Å². The molecule has 1 N–H and O–H groups in total. The summed E-state index contributed by atoms with van der Waals surface area (Å²) in [7, 11) is 0. The summed E-state index contributed by atoms with van der Waals surface area (Å²) in [6.45, 7) is 5.87. The number of rotatable bonds is 3. The summed E-state index contributed by atoms with van der Waals surface area (Å²) in [6.07, 6.45) is 1.36. The molecule has 0 saturated heterocycles. The SMILES string of the molecule is Cc1cc(C)c(C)c(Oc2nccc(C(=O)O)c2Cl)c1. The van der Waals surface area contributed by atoms with E-state index in [2.05, 4.69) is 4.98 Å². The second-order valence-electron chi connectivity index (χ2n) is 4.59. The van der Waals surface area contributed by atoms with Crippen molar-refractivity contribution in [1.29, 1.82) is 0 Å². The van der Waals surface area contributed by atoms with E-state index in [0.717, 1.165) is 16.7 Å². The zero-order chi connectivity index (χ0) is 14.9. The van der Waals surface area contributed by atoms with Crippen molar-refractivity contribution in [2.75, 3.05) is 0 Å². The molecular formula is C15H14ClNO3. The maximum absolute atomic E-state index is 11.0. The summed E-state index contributed by atoms with van der Waals surface area (Å²) in [4.78, 5) is 15.0. The average Bonchev–Trinajstić information content (AvgIpc) is 2.37. The van der Waals surface area contributed by atoms with E-state index in [1.807, 2.05) is 32.9 Å². The third-order valence-corrected chi connectivity index (χ3v) is 3.42. The molecule has 0 unspecified atom stereocenters. The Kier molecular flexibility index (Phi) is 3.95. The van der Waals surface area contributed by atoms with Crippen LogP contribution in [0, 0.1) is 20.8 Å². The maximum Gasteiger partial charge on any atom is 0.337 e. The smallest absolute Gasteiger partial charge is 0.337 e. The number of pyridine rings is 1. The van der Waals surface area contributed by atoms with Gasteiger partial charge >= 0.3 is 5.97 Å². The lowest BCUT2D eigenvalue weighted by molar-refractivity contribution is 0.0696. The first-order valence-corrected chi connectivity index (χ1v) is 6.41. The number of nitrogens with zero attached hydrogens (tertiary/aromatic N) is 1. The molecule has 20 heavy (non-hydrogen) atoms. The molecule has 2 aromatic rings. The van der Waals surface area contributed by atoms with Crippen molar-refractivity contribution in [3.8, 4) is 11.6 Å². The number of hydrogen-bond acceptors (Lipinski definition) is 3. The standard InChI is InChI=1S/C15H14ClNO3/c1-8-6-9(2)10(3)12(7-8)20-14-13(16)11(15(18)19)4-5-17-14/h4-7H,1-3H3,(H,18,19). The van der Waals surface area contributed by atoms with Gasteiger partial charge in [-0.25, -0.2) is 9.78 Å². The van der Waals surface area contributed by atoms with Crippen molar-refractivity contribution in [3.05, 3.63) is 51.7 Å². The molecule has 104 valence electrons. The summed E-state index contributed by atoms with van der Waals surface area (Å²) in [5.41, 5.74) is 3.08. The van der Waals surface area contributed by atoms with Crippen molar-refractivity contribution < 1.29 is 14.6 Å². The van der Waals surface area contributed by atoms with Crippen molar-refractivity contribution in [2.45, 2.75) is 20.8 Å². The highest BCUT2D eigenvalue weighted by atomic mass is 35.5. The summed E-state index contributed by atoms with van der Waals surface area (Å²) in [6, 6.07) is 5.25. The minimum atomic E-state index is -1.11. The average molecular weight is 292 g/mol. The lowest BCUT2D eigenvalue weighted by Gasteiger charge is -2.12. The van der Waals surface area contributed by atoms with Gasteiger partial charge in [0.25, 0.3) is 0 Å². The number of aromatic carboxylic acids is 1. The number of carboxylic acids is 1. The zero-order valence-corrected chi connectivity index (χ0v) is 12.2. The Morgan fingerprint density at radius 2 is 2.00 bits per heavy atom. The molecule has 5 heteroatoms. The Bertz CT molecular complexity index is 683. The molecular weight excluding hydrogens is 278 g/mol. The van der Waals surface area contributed by atoms with E-state index in [-0.39, 0.29) is 16.5 Å². The Hall–Kier alpha value is -2.07. The first-order valence-electron chi connectivity index (χ1n) is 6.03. The molecule has 0 saturated carbocycles. The van der Waals surface area contributed by atoms with Gasteiger partial charge in [-0.2, -0.15) is 0 Å². The van der Waals surface area contributed by atoms with E-state index in [0.29, 0.717) is 5.75 Å². The van der Waals surface area contributed by atoms with E-state index < -0.39 is 5.97 Å². The Morgan fingerprint density at radius 1 is 1.30 bits per heavy atom. The Labute approximate surface area is 122 Å². The largest absolute Gasteiger partial charge is 0.478 e. The van der Waals surface area contributed by atoms with Crippen molar-refractivity contribution in [1.82, 2.24) is 4.98 Å². The zero-order valence-electron chi connectivity index (χ0n) is 11.4. The van der Waals surface area contributed by atoms with E-state index >= 15 is 0 Å². The number of halogens is 1. The molecule has 0 amide bonds. The fourth-order valence-electron chi connectivity index (χ4n) is 1.87. The second kappa shape index (κ2) is 5.51. The molecule has 0 bridgehead atoms. The fourth-order valence-corrected chi connectivity index (χ4v) is 2.10. The number of benzene rings is 1. The summed E-state index contributed by atoms with van der Waals surface area (Å²) in [5, 5.41) is 9.03. The van der Waals surface area contributed by atoms with Crippen LogP contribution in [0.1, 0.15) is 27.0 Å². The molecule has 0 radical (unpaired) electrons. The summed E-state index contributed by atoms with van der Waals surface area (Å²) < 4.78 is 5.69. The molecule has 0 atom stereocenters. The molecule has 0 fully saturated rings. The molecule has 1 aromatic heterocycles. The van der Waals surface area contributed by atoms with Crippen LogP contribution in [0.15, 0.2) is 24.4 Å². The molecule has 1 heterocycles. The molecule has 2 rings (SSSR count). The molecule has 0 spiro atoms. The van der Waals surface area contributed by atoms with Crippen LogP contribution in [0.5, 0.6) is 11.6 Å². The van der Waals surface area contributed by atoms with Crippen LogP contribution in [0.25, 0.3) is 0 Å². The molecule has 0 aliphatic heterocycles. The van der Waals surface area contributed by atoms with Crippen molar-refractivity contribution in [2.24, 2.45) is 0 Å². The van der Waals surface area contributed by atoms with Crippen LogP contribution in [0.3, 0.4) is 0 Å². The normalized spacial score (nSPS) is 10.4. The van der Waals surface area contributed by atoms with Crippen molar-refractivity contribution in [3.63, 3.8) is 0 Å². The van der Waals surface area contributed by atoms with Gasteiger partial charge in [0.15, 0.2) is 0 Å². The molecule has 4 nitrogen and oxygen atoms in total. The fraction of sp³-hybridized carbons (Fsp3) is 0.200. The molecule has 0 aliphatic rings. The number of hydrogen-bond donors (Lipinski definition) is 1. The highest BCUT2D eigenvalue weighted by molar-refractivity contribution is 6.34. The monoisotopic (exact) mass is 291 g/mol. The van der Waals surface area contributed by atoms with Crippen LogP contribution >= 0.6 is 11.6 Å². The van der Waals surface area contributed by atoms with Gasteiger partial charge in [0.2, 0.25) is 5.88 Å². The van der Waals surface area contributed by atoms with Crippen LogP contribution in [-0.4, -0.2) is 16.1 Å². The number of carbonyl (C=O) groups is 1. The maximum atomic E-state index is 11.0. The third-order valence-electron chi connectivity index (χ3n) is 3.06. The number of carboxylic acid groups (broad SMARTS) is 1. The predicted molar refractivity (Wildman–Crippen MR) is 76.9 cm³/mol. The van der Waals surface area contributed by atoms with Gasteiger partial charge in [0.05, 0.1) is 5.56 Å². The van der Waals surface area contributed by atoms with Crippen LogP contribution in [0.4, 0.5) is 0 Å². The molecule has 1 aromatic carbocycles. The van der Waals surface area contributed by atoms with Crippen LogP contribution in [0.2, 0.25) is 5.02 Å². The summed E-state index contributed by atoms with van der Waals surface area (Å²) >= 11 is 6.02. The third kappa shape index (κ3) is 2.75. The number of ether oxygens (including phenoxy) is 1. The first-order chi connectivity index (χ1) is 9.40. The van der Waals surface area contributed by atoms with Gasteiger partial charge in [0, 0.05) is 6.20 Å². The van der Waals surface area contributed by atoms with Crippen LogP contribution < -0.4 is 4.74 Å². The van der Waals surface area contributed by atoms with E-state index in [9.17, 15) is 4.79 Å². The van der Waals surface area contributed by atoms with Gasteiger partial charge < -0.3 is 9.84 Å². The topological polar surface area (TPSA) is 59.4 Å². The quantitative estimate of drug-likeness (QED) is 0.923. The number of aromatic nitrogens is 1. The van der Waals surface area contributed by atoms with Crippen LogP contribution in [-0.2, 0) is 0 Å². The minimum Gasteiger partial charge on any atom is -0.478 e. The lowest BCUT2D eigenvalue weighted by atomic mass is 10.1. The first kappa shape index (κ1) is 14.3.